The minimum Gasteiger partial charge on any atom is -0.453 e. The molecular formula is C32H31F4N3O4S. The van der Waals surface area contributed by atoms with Gasteiger partial charge in [-0.3, -0.25) is 0 Å². The van der Waals surface area contributed by atoms with E-state index in [1.165, 1.54) is 48.3 Å². The van der Waals surface area contributed by atoms with E-state index in [0.717, 1.165) is 19.0 Å². The number of aromatic nitrogens is 3. The summed E-state index contributed by atoms with van der Waals surface area (Å²) in [6, 6.07) is 5.51. The summed E-state index contributed by atoms with van der Waals surface area (Å²) >= 11 is 1.20. The molecule has 2 aromatic heterocycles. The van der Waals surface area contributed by atoms with Gasteiger partial charge in [-0.2, -0.15) is 4.39 Å². The van der Waals surface area contributed by atoms with Crippen molar-refractivity contribution in [3.05, 3.63) is 83.4 Å². The number of nitrogens with zero attached hydrogens (tertiary/aromatic N) is 1. The van der Waals surface area contributed by atoms with Gasteiger partial charge in [0, 0.05) is 54.9 Å². The molecule has 2 aromatic carbocycles. The zero-order valence-electron chi connectivity index (χ0n) is 24.2. The van der Waals surface area contributed by atoms with Gasteiger partial charge in [0.2, 0.25) is 5.82 Å². The summed E-state index contributed by atoms with van der Waals surface area (Å²) in [4.78, 5) is 21.7. The molecule has 3 heterocycles. The molecule has 1 fully saturated rings. The third kappa shape index (κ3) is 5.57. The molecule has 0 saturated carbocycles. The van der Waals surface area contributed by atoms with Crippen molar-refractivity contribution in [1.82, 2.24) is 15.0 Å². The second-order valence-electron chi connectivity index (χ2n) is 10.6. The number of fused-ring (bicyclic) bond motifs is 2. The smallest absolute Gasteiger partial charge is 0.204 e. The first-order valence-electron chi connectivity index (χ1n) is 13.9. The number of imidazole rings is 1. The van der Waals surface area contributed by atoms with Crippen molar-refractivity contribution >= 4 is 29.0 Å². The van der Waals surface area contributed by atoms with Gasteiger partial charge in [-0.05, 0) is 61.1 Å². The molecule has 3 atom stereocenters. The summed E-state index contributed by atoms with van der Waals surface area (Å²) < 4.78 is 71.5. The first-order valence-corrected chi connectivity index (χ1v) is 15.1. The van der Waals surface area contributed by atoms with Crippen molar-refractivity contribution in [3.63, 3.8) is 0 Å². The second kappa shape index (κ2) is 13.0. The van der Waals surface area contributed by atoms with E-state index in [0.29, 0.717) is 35.4 Å². The quantitative estimate of drug-likeness (QED) is 0.106. The standard InChI is InChI=1S/C31H27F4N3O3S.CH4O/c1-31(8-11-40-27-16(4-3-10-39)12-17(32)13-21(27)31)23-15-37-30(38-23)20-14-18(5-6-22(20)33)41-28-25(35)24(34)26-19(7-9-36-26)29(28)42-2;1-2/h5-7,9-10,12-15,21,27,36H,3-4,8,11H2,1-2H3,(H,37,38);2H,1H3. The Kier molecular flexibility index (Phi) is 9.33. The van der Waals surface area contributed by atoms with Crippen LogP contribution in [0.1, 0.15) is 31.9 Å². The molecule has 0 radical (unpaired) electrons. The summed E-state index contributed by atoms with van der Waals surface area (Å²) in [6.07, 6.45) is 9.41. The molecule has 44 heavy (non-hydrogen) atoms. The number of aldehydes is 1. The highest BCUT2D eigenvalue weighted by molar-refractivity contribution is 7.99. The number of allylic oxidation sites excluding steroid dienone is 2. The highest BCUT2D eigenvalue weighted by atomic mass is 32.2. The zero-order chi connectivity index (χ0) is 31.6. The SMILES string of the molecule is CO.CSc1c(Oc2ccc(F)c(-c3ncc(C4(C)CCOC5C(CCC=O)=CC(F)=CC54)[nH]3)c2)c(F)c(F)c2[nH]ccc12. The maximum absolute atomic E-state index is 15.1. The Balaban J connectivity index is 0.00000188. The van der Waals surface area contributed by atoms with Gasteiger partial charge in [-0.1, -0.05) is 6.92 Å². The predicted molar refractivity (Wildman–Crippen MR) is 160 cm³/mol. The third-order valence-corrected chi connectivity index (χ3v) is 8.99. The molecule has 6 rings (SSSR count). The Morgan fingerprint density at radius 3 is 2.75 bits per heavy atom. The van der Waals surface area contributed by atoms with Crippen molar-refractivity contribution < 1.29 is 36.9 Å². The fourth-order valence-corrected chi connectivity index (χ4v) is 6.63. The van der Waals surface area contributed by atoms with E-state index in [-0.39, 0.29) is 40.7 Å². The number of aliphatic hydroxyl groups excluding tert-OH is 1. The number of carbonyl (C=O) groups is 1. The number of hydrogen-bond acceptors (Lipinski definition) is 6. The average Bonchev–Trinajstić information content (AvgIpc) is 3.72. The lowest BCUT2D eigenvalue weighted by Crippen LogP contribution is -2.47. The van der Waals surface area contributed by atoms with Crippen LogP contribution in [0.2, 0.25) is 0 Å². The van der Waals surface area contributed by atoms with Crippen LogP contribution in [-0.4, -0.2) is 52.4 Å². The number of aromatic amines is 2. The maximum Gasteiger partial charge on any atom is 0.204 e. The number of aliphatic hydroxyl groups is 1. The Bertz CT molecular complexity index is 1750. The molecule has 4 aromatic rings. The lowest BCUT2D eigenvalue weighted by Gasteiger charge is -2.46. The number of nitrogens with one attached hydrogen (secondary N) is 2. The average molecular weight is 630 g/mol. The predicted octanol–water partition coefficient (Wildman–Crippen LogP) is 7.53. The van der Waals surface area contributed by atoms with E-state index < -0.39 is 34.8 Å². The van der Waals surface area contributed by atoms with E-state index in [9.17, 15) is 13.6 Å². The van der Waals surface area contributed by atoms with Gasteiger partial charge in [0.15, 0.2) is 11.6 Å². The first-order chi connectivity index (χ1) is 21.2. The Morgan fingerprint density at radius 1 is 1.20 bits per heavy atom. The zero-order valence-corrected chi connectivity index (χ0v) is 25.0. The number of halogens is 4. The maximum atomic E-state index is 15.1. The molecule has 3 N–H and O–H groups in total. The molecule has 0 spiro atoms. The number of thioether (sulfide) groups is 1. The van der Waals surface area contributed by atoms with Crippen LogP contribution >= 0.6 is 11.8 Å². The first kappa shape index (κ1) is 31.6. The number of ether oxygens (including phenoxy) is 2. The summed E-state index contributed by atoms with van der Waals surface area (Å²) in [5, 5.41) is 7.47. The Morgan fingerprint density at radius 2 is 2.00 bits per heavy atom. The Labute approximate surface area is 255 Å². The van der Waals surface area contributed by atoms with Crippen LogP contribution in [0.25, 0.3) is 22.3 Å². The third-order valence-electron chi connectivity index (χ3n) is 8.18. The van der Waals surface area contributed by atoms with Crippen LogP contribution in [-0.2, 0) is 14.9 Å². The number of hydrogen-bond donors (Lipinski definition) is 3. The normalized spacial score (nSPS) is 21.2. The molecule has 12 heteroatoms. The molecule has 0 bridgehead atoms. The lowest BCUT2D eigenvalue weighted by atomic mass is 9.65. The van der Waals surface area contributed by atoms with Crippen LogP contribution < -0.4 is 4.74 Å². The lowest BCUT2D eigenvalue weighted by molar-refractivity contribution is -0.107. The van der Waals surface area contributed by atoms with Crippen LogP contribution in [0, 0.1) is 23.4 Å². The molecule has 1 aliphatic heterocycles. The van der Waals surface area contributed by atoms with Gasteiger partial charge < -0.3 is 29.3 Å². The number of rotatable bonds is 8. The van der Waals surface area contributed by atoms with Gasteiger partial charge in [-0.15, -0.1) is 11.8 Å². The number of H-pyrrole nitrogens is 2. The van der Waals surface area contributed by atoms with Gasteiger partial charge in [0.1, 0.15) is 29.5 Å². The molecule has 1 saturated heterocycles. The van der Waals surface area contributed by atoms with Crippen molar-refractivity contribution in [1.29, 1.82) is 0 Å². The van der Waals surface area contributed by atoms with Gasteiger partial charge in [-0.25, -0.2) is 18.2 Å². The number of carbonyl (C=O) groups excluding carboxylic acids is 1. The van der Waals surface area contributed by atoms with Crippen LogP contribution in [0.5, 0.6) is 11.5 Å². The molecule has 7 nitrogen and oxygen atoms in total. The largest absolute Gasteiger partial charge is 0.453 e. The summed E-state index contributed by atoms with van der Waals surface area (Å²) in [7, 11) is 1.00. The van der Waals surface area contributed by atoms with Crippen molar-refractivity contribution in [3.8, 4) is 22.9 Å². The van der Waals surface area contributed by atoms with Gasteiger partial charge >= 0.3 is 0 Å². The van der Waals surface area contributed by atoms with Crippen molar-refractivity contribution in [2.24, 2.45) is 5.92 Å². The van der Waals surface area contributed by atoms with Crippen LogP contribution in [0.15, 0.2) is 65.1 Å². The highest BCUT2D eigenvalue weighted by Crippen LogP contribution is 2.47. The summed E-state index contributed by atoms with van der Waals surface area (Å²) in [5.41, 5.74) is 0.862. The Hall–Kier alpha value is -3.87. The van der Waals surface area contributed by atoms with Gasteiger partial charge in [0.05, 0.1) is 22.1 Å². The number of benzene rings is 2. The minimum atomic E-state index is -1.16. The summed E-state index contributed by atoms with van der Waals surface area (Å²) in [5.74, 6) is -3.60. The topological polar surface area (TPSA) is 100 Å². The molecule has 0 amide bonds. The van der Waals surface area contributed by atoms with Crippen molar-refractivity contribution in [2.45, 2.75) is 42.6 Å². The molecule has 2 aliphatic rings. The molecule has 1 aliphatic carbocycles. The fourth-order valence-electron chi connectivity index (χ4n) is 5.93. The second-order valence-corrected chi connectivity index (χ2v) is 11.4. The molecular weight excluding hydrogens is 598 g/mol. The van der Waals surface area contributed by atoms with Crippen molar-refractivity contribution in [2.75, 3.05) is 20.0 Å². The fraction of sp³-hybridized carbons (Fsp3) is 0.312. The minimum absolute atomic E-state index is 0.0370. The summed E-state index contributed by atoms with van der Waals surface area (Å²) in [6.45, 7) is 2.38. The van der Waals surface area contributed by atoms with Crippen LogP contribution in [0.4, 0.5) is 17.6 Å². The van der Waals surface area contributed by atoms with E-state index >= 15 is 8.78 Å². The monoisotopic (exact) mass is 629 g/mol. The van der Waals surface area contributed by atoms with Crippen LogP contribution in [0.3, 0.4) is 0 Å². The molecule has 232 valence electrons. The molecule has 3 unspecified atom stereocenters. The van der Waals surface area contributed by atoms with Gasteiger partial charge in [0.25, 0.3) is 0 Å². The van der Waals surface area contributed by atoms with E-state index in [2.05, 4.69) is 15.0 Å². The highest BCUT2D eigenvalue weighted by Gasteiger charge is 2.47. The van der Waals surface area contributed by atoms with E-state index in [1.807, 2.05) is 6.92 Å². The van der Waals surface area contributed by atoms with E-state index in [4.69, 9.17) is 14.6 Å². The van der Waals surface area contributed by atoms with E-state index in [1.54, 1.807) is 18.5 Å².